The summed E-state index contributed by atoms with van der Waals surface area (Å²) in [5.41, 5.74) is 1.36. The first-order valence-electron chi connectivity index (χ1n) is 6.73. The van der Waals surface area contributed by atoms with Crippen molar-refractivity contribution >= 4 is 5.97 Å². The number of esters is 1. The summed E-state index contributed by atoms with van der Waals surface area (Å²) in [6.07, 6.45) is 0. The van der Waals surface area contributed by atoms with Gasteiger partial charge in [0.1, 0.15) is 5.75 Å². The number of ether oxygens (including phenoxy) is 2. The van der Waals surface area contributed by atoms with E-state index in [2.05, 4.69) is 15.3 Å². The average molecular weight is 315 g/mol. The van der Waals surface area contributed by atoms with E-state index in [1.807, 2.05) is 0 Å². The summed E-state index contributed by atoms with van der Waals surface area (Å²) < 4.78 is 20.0. The fraction of sp³-hybridized carbons (Fsp3) is 0.200. The molecule has 0 atom stereocenters. The summed E-state index contributed by atoms with van der Waals surface area (Å²) in [6, 6.07) is 8.67. The molecule has 0 saturated carbocycles. The molecule has 118 valence electrons. The largest absolute Gasteiger partial charge is 0.497 e. The number of aryl methyl sites for hydroxylation is 1. The van der Waals surface area contributed by atoms with Gasteiger partial charge in [0.05, 0.1) is 12.8 Å². The first-order chi connectivity index (χ1) is 11.2. The molecule has 8 nitrogen and oxygen atoms in total. The van der Waals surface area contributed by atoms with Crippen molar-refractivity contribution in [3.63, 3.8) is 0 Å². The third-order valence-corrected chi connectivity index (χ3v) is 2.97. The number of carbonyl (C=O) groups excluding carboxylic acids is 1. The molecule has 8 heteroatoms. The lowest BCUT2D eigenvalue weighted by molar-refractivity contribution is 0.0383. The third kappa shape index (κ3) is 3.37. The van der Waals surface area contributed by atoms with Crippen LogP contribution in [0.3, 0.4) is 0 Å². The van der Waals surface area contributed by atoms with Gasteiger partial charge in [-0.15, -0.1) is 0 Å². The minimum absolute atomic E-state index is 0.0254. The van der Waals surface area contributed by atoms with Crippen molar-refractivity contribution in [2.24, 2.45) is 0 Å². The molecular formula is C15H13N3O5. The molecule has 0 aliphatic rings. The maximum Gasteiger partial charge on any atom is 0.377 e. The van der Waals surface area contributed by atoms with Crippen molar-refractivity contribution in [3.8, 4) is 17.1 Å². The van der Waals surface area contributed by atoms with E-state index < -0.39 is 5.97 Å². The Morgan fingerprint density at radius 3 is 2.61 bits per heavy atom. The minimum atomic E-state index is -0.644. The van der Waals surface area contributed by atoms with Crippen LogP contribution in [0.4, 0.5) is 0 Å². The average Bonchev–Trinajstić information content (AvgIpc) is 3.22. The molecule has 1 aromatic carbocycles. The van der Waals surface area contributed by atoms with E-state index in [0.717, 1.165) is 11.3 Å². The number of nitrogens with zero attached hydrogens (tertiary/aromatic N) is 3. The van der Waals surface area contributed by atoms with Crippen molar-refractivity contribution in [1.29, 1.82) is 0 Å². The quantitative estimate of drug-likeness (QED) is 0.662. The topological polar surface area (TPSA) is 100 Å². The Kier molecular flexibility index (Phi) is 4.05. The number of rotatable bonds is 5. The molecule has 0 amide bonds. The number of aromatic nitrogens is 3. The highest BCUT2D eigenvalue weighted by Gasteiger charge is 2.16. The SMILES string of the molecule is COc1ccc(-c2noc(COC(=O)c3cc(C)no3)n2)cc1. The number of carbonyl (C=O) groups is 1. The maximum absolute atomic E-state index is 11.7. The number of methoxy groups -OCH3 is 1. The predicted molar refractivity (Wildman–Crippen MR) is 76.6 cm³/mol. The fourth-order valence-electron chi connectivity index (χ4n) is 1.83. The van der Waals surface area contributed by atoms with Crippen LogP contribution in [0.5, 0.6) is 5.75 Å². The molecular weight excluding hydrogens is 302 g/mol. The molecule has 0 saturated heterocycles. The fourth-order valence-corrected chi connectivity index (χ4v) is 1.83. The van der Waals surface area contributed by atoms with E-state index in [1.54, 1.807) is 38.3 Å². The normalized spacial score (nSPS) is 10.5. The molecule has 0 unspecified atom stereocenters. The summed E-state index contributed by atoms with van der Waals surface area (Å²) in [5.74, 6) is 0.690. The Morgan fingerprint density at radius 1 is 1.17 bits per heavy atom. The number of hydrogen-bond donors (Lipinski definition) is 0. The highest BCUT2D eigenvalue weighted by Crippen LogP contribution is 2.20. The van der Waals surface area contributed by atoms with Crippen molar-refractivity contribution in [3.05, 3.63) is 47.7 Å². The van der Waals surface area contributed by atoms with Crippen LogP contribution in [0.15, 0.2) is 39.4 Å². The summed E-state index contributed by atoms with van der Waals surface area (Å²) in [4.78, 5) is 15.9. The van der Waals surface area contributed by atoms with Crippen LogP contribution in [0.2, 0.25) is 0 Å². The van der Waals surface area contributed by atoms with Crippen LogP contribution in [0.25, 0.3) is 11.4 Å². The van der Waals surface area contributed by atoms with E-state index in [1.165, 1.54) is 6.07 Å². The number of benzene rings is 1. The summed E-state index contributed by atoms with van der Waals surface area (Å²) in [6.45, 7) is 1.56. The van der Waals surface area contributed by atoms with E-state index in [-0.39, 0.29) is 18.3 Å². The Labute approximate surface area is 131 Å². The standard InChI is InChI=1S/C15H13N3O5/c1-9-7-12(22-17-9)15(19)21-8-13-16-14(18-23-13)10-3-5-11(20-2)6-4-10/h3-7H,8H2,1-2H3. The molecule has 0 aliphatic heterocycles. The van der Waals surface area contributed by atoms with Gasteiger partial charge in [0.15, 0.2) is 6.61 Å². The molecule has 0 spiro atoms. The molecule has 3 rings (SSSR count). The van der Waals surface area contributed by atoms with E-state index in [9.17, 15) is 4.79 Å². The van der Waals surface area contributed by atoms with Gasteiger partial charge in [-0.05, 0) is 31.2 Å². The molecule has 2 aromatic heterocycles. The summed E-state index contributed by atoms with van der Waals surface area (Å²) >= 11 is 0. The first kappa shape index (κ1) is 14.8. The molecule has 0 N–H and O–H groups in total. The van der Waals surface area contributed by atoms with Crippen LogP contribution in [0, 0.1) is 6.92 Å². The van der Waals surface area contributed by atoms with Gasteiger partial charge in [0, 0.05) is 11.6 Å². The zero-order valence-electron chi connectivity index (χ0n) is 12.5. The highest BCUT2D eigenvalue weighted by atomic mass is 16.6. The monoisotopic (exact) mass is 315 g/mol. The van der Waals surface area contributed by atoms with Crippen LogP contribution in [-0.4, -0.2) is 28.4 Å². The van der Waals surface area contributed by atoms with E-state index in [0.29, 0.717) is 11.5 Å². The van der Waals surface area contributed by atoms with Gasteiger partial charge >= 0.3 is 5.97 Å². The lowest BCUT2D eigenvalue weighted by Crippen LogP contribution is -2.04. The minimum Gasteiger partial charge on any atom is -0.497 e. The van der Waals surface area contributed by atoms with Crippen molar-refractivity contribution < 1.29 is 23.3 Å². The highest BCUT2D eigenvalue weighted by molar-refractivity contribution is 5.86. The Hall–Kier alpha value is -3.16. The Morgan fingerprint density at radius 2 is 1.96 bits per heavy atom. The second kappa shape index (κ2) is 6.30. The molecule has 0 fully saturated rings. The van der Waals surface area contributed by atoms with Gasteiger partial charge in [0.2, 0.25) is 11.6 Å². The van der Waals surface area contributed by atoms with Gasteiger partial charge in [-0.25, -0.2) is 4.79 Å². The van der Waals surface area contributed by atoms with Crippen LogP contribution in [-0.2, 0) is 11.3 Å². The second-order valence-corrected chi connectivity index (χ2v) is 4.65. The Bertz CT molecular complexity index is 807. The van der Waals surface area contributed by atoms with Crippen molar-refractivity contribution in [1.82, 2.24) is 15.3 Å². The van der Waals surface area contributed by atoms with Gasteiger partial charge in [0.25, 0.3) is 5.89 Å². The molecule has 0 radical (unpaired) electrons. The van der Waals surface area contributed by atoms with Crippen molar-refractivity contribution in [2.45, 2.75) is 13.5 Å². The lowest BCUT2D eigenvalue weighted by Gasteiger charge is -1.99. The molecule has 0 bridgehead atoms. The van der Waals surface area contributed by atoms with Crippen LogP contribution in [0.1, 0.15) is 22.1 Å². The van der Waals surface area contributed by atoms with Crippen molar-refractivity contribution in [2.75, 3.05) is 7.11 Å². The molecule has 23 heavy (non-hydrogen) atoms. The predicted octanol–water partition coefficient (Wildman–Crippen LogP) is 2.40. The zero-order chi connectivity index (χ0) is 16.2. The smallest absolute Gasteiger partial charge is 0.377 e. The Balaban J connectivity index is 1.63. The summed E-state index contributed by atoms with van der Waals surface area (Å²) in [5, 5.41) is 7.46. The first-order valence-corrected chi connectivity index (χ1v) is 6.73. The maximum atomic E-state index is 11.7. The van der Waals surface area contributed by atoms with Crippen LogP contribution >= 0.6 is 0 Å². The molecule has 3 aromatic rings. The van der Waals surface area contributed by atoms with E-state index >= 15 is 0 Å². The summed E-state index contributed by atoms with van der Waals surface area (Å²) in [7, 11) is 1.59. The van der Waals surface area contributed by atoms with E-state index in [4.69, 9.17) is 18.5 Å². The van der Waals surface area contributed by atoms with Gasteiger partial charge in [-0.3, -0.25) is 0 Å². The second-order valence-electron chi connectivity index (χ2n) is 4.65. The molecule has 2 heterocycles. The third-order valence-electron chi connectivity index (χ3n) is 2.97. The van der Waals surface area contributed by atoms with Gasteiger partial charge in [-0.1, -0.05) is 10.3 Å². The molecule has 0 aliphatic carbocycles. The zero-order valence-corrected chi connectivity index (χ0v) is 12.5. The van der Waals surface area contributed by atoms with Gasteiger partial charge in [-0.2, -0.15) is 4.98 Å². The number of hydrogen-bond acceptors (Lipinski definition) is 8. The van der Waals surface area contributed by atoms with Gasteiger partial charge < -0.3 is 18.5 Å². The lowest BCUT2D eigenvalue weighted by atomic mass is 10.2. The van der Waals surface area contributed by atoms with Crippen LogP contribution < -0.4 is 4.74 Å².